The average molecular weight is 356 g/mol. The molecule has 2 saturated heterocycles. The van der Waals surface area contributed by atoms with Gasteiger partial charge in [-0.15, -0.1) is 0 Å². The fourth-order valence-corrected chi connectivity index (χ4v) is 1.76. The third-order valence-corrected chi connectivity index (χ3v) is 2.96. The molecule has 0 amide bonds. The van der Waals surface area contributed by atoms with Gasteiger partial charge in [-0.3, -0.25) is 0 Å². The fourth-order valence-electron chi connectivity index (χ4n) is 1.76. The minimum atomic E-state index is -0.954. The topological polar surface area (TPSA) is 138 Å². The highest BCUT2D eigenvalue weighted by molar-refractivity contribution is 4.69. The number of ether oxygens (including phenoxy) is 4. The highest BCUT2D eigenvalue weighted by Crippen LogP contribution is 2.22. The maximum Gasteiger partial charge on any atom is 0.163 e. The van der Waals surface area contributed by atoms with E-state index in [0.29, 0.717) is 13.2 Å². The van der Waals surface area contributed by atoms with Crippen molar-refractivity contribution in [3.63, 3.8) is 0 Å². The lowest BCUT2D eigenvalue weighted by atomic mass is 10.4. The monoisotopic (exact) mass is 356 g/mol. The predicted octanol–water partition coefficient (Wildman–Crippen LogP) is -1.41. The summed E-state index contributed by atoms with van der Waals surface area (Å²) in [7, 11) is 0. The maximum atomic E-state index is 8.59. The Balaban J connectivity index is 0.000000340. The number of hydrogen-bond donors (Lipinski definition) is 5. The van der Waals surface area contributed by atoms with Crippen LogP contribution < -0.4 is 0 Å². The molecule has 0 aromatic heterocycles. The second-order valence-corrected chi connectivity index (χ2v) is 6.29. The van der Waals surface area contributed by atoms with E-state index in [1.54, 1.807) is 0 Å². The first-order valence-corrected chi connectivity index (χ1v) is 7.84. The maximum absolute atomic E-state index is 8.59. The first-order valence-electron chi connectivity index (χ1n) is 7.84. The van der Waals surface area contributed by atoms with Crippen molar-refractivity contribution in [3.8, 4) is 0 Å². The van der Waals surface area contributed by atoms with Crippen molar-refractivity contribution in [1.82, 2.24) is 0 Å². The largest absolute Gasteiger partial charge is 0.394 e. The Bertz CT molecular complexity index is 292. The van der Waals surface area contributed by atoms with Crippen molar-refractivity contribution in [2.75, 3.05) is 39.6 Å². The van der Waals surface area contributed by atoms with Crippen LogP contribution in [0.25, 0.3) is 0 Å². The molecule has 146 valence electrons. The van der Waals surface area contributed by atoms with E-state index in [0.717, 1.165) is 0 Å². The normalized spacial score (nSPS) is 27.2. The van der Waals surface area contributed by atoms with Gasteiger partial charge in [0, 0.05) is 0 Å². The highest BCUT2D eigenvalue weighted by atomic mass is 16.8. The quantitative estimate of drug-likeness (QED) is 0.411. The van der Waals surface area contributed by atoms with Gasteiger partial charge in [0.05, 0.1) is 39.6 Å². The van der Waals surface area contributed by atoms with Crippen molar-refractivity contribution < 1.29 is 44.5 Å². The van der Waals surface area contributed by atoms with E-state index in [1.807, 2.05) is 27.7 Å². The first-order chi connectivity index (χ1) is 11.1. The van der Waals surface area contributed by atoms with Gasteiger partial charge in [-0.1, -0.05) is 0 Å². The van der Waals surface area contributed by atoms with Crippen LogP contribution in [0.1, 0.15) is 27.7 Å². The molecule has 24 heavy (non-hydrogen) atoms. The van der Waals surface area contributed by atoms with Crippen molar-refractivity contribution in [1.29, 1.82) is 0 Å². The molecule has 9 nitrogen and oxygen atoms in total. The van der Waals surface area contributed by atoms with Gasteiger partial charge in [0.2, 0.25) is 0 Å². The first kappa shape index (κ1) is 23.6. The van der Waals surface area contributed by atoms with Gasteiger partial charge in [-0.2, -0.15) is 0 Å². The minimum absolute atomic E-state index is 0.0451. The van der Waals surface area contributed by atoms with Crippen LogP contribution in [0.15, 0.2) is 0 Å². The molecule has 5 N–H and O–H groups in total. The summed E-state index contributed by atoms with van der Waals surface area (Å²) < 4.78 is 20.8. The number of aliphatic hydroxyl groups is 5. The zero-order chi connectivity index (χ0) is 18.8. The summed E-state index contributed by atoms with van der Waals surface area (Å²) in [5.41, 5.74) is 0. The average Bonchev–Trinajstić information content (AvgIpc) is 3.08. The van der Waals surface area contributed by atoms with Crippen molar-refractivity contribution in [2.45, 2.75) is 57.6 Å². The van der Waals surface area contributed by atoms with Crippen LogP contribution >= 0.6 is 0 Å². The van der Waals surface area contributed by atoms with E-state index >= 15 is 0 Å². The second-order valence-electron chi connectivity index (χ2n) is 6.29. The van der Waals surface area contributed by atoms with Gasteiger partial charge in [0.25, 0.3) is 0 Å². The SMILES string of the molecule is CC1(C)OCC(CO)O1.CC1(C)OCC(CO)O1.OCC(O)CO. The third-order valence-electron chi connectivity index (χ3n) is 2.96. The Morgan fingerprint density at radius 3 is 1.21 bits per heavy atom. The molecule has 2 aliphatic heterocycles. The smallest absolute Gasteiger partial charge is 0.163 e. The molecule has 0 bridgehead atoms. The Labute approximate surface area is 142 Å². The van der Waals surface area contributed by atoms with Crippen LogP contribution in [-0.2, 0) is 18.9 Å². The minimum Gasteiger partial charge on any atom is -0.394 e. The van der Waals surface area contributed by atoms with Crippen LogP contribution in [0.4, 0.5) is 0 Å². The van der Waals surface area contributed by atoms with Crippen molar-refractivity contribution in [3.05, 3.63) is 0 Å². The molecule has 0 radical (unpaired) electrons. The van der Waals surface area contributed by atoms with Gasteiger partial charge >= 0.3 is 0 Å². The van der Waals surface area contributed by atoms with Crippen molar-refractivity contribution >= 4 is 0 Å². The predicted molar refractivity (Wildman–Crippen MR) is 84.2 cm³/mol. The van der Waals surface area contributed by atoms with Crippen LogP contribution in [-0.4, -0.2) is 95.1 Å². The molecule has 2 atom stereocenters. The second kappa shape index (κ2) is 11.3. The summed E-state index contributed by atoms with van der Waals surface area (Å²) in [6.07, 6.45) is -1.20. The zero-order valence-corrected chi connectivity index (χ0v) is 14.8. The molecule has 2 fully saturated rings. The Kier molecular flexibility index (Phi) is 11.1. The van der Waals surface area contributed by atoms with Crippen LogP contribution in [0.2, 0.25) is 0 Å². The Hall–Kier alpha value is -0.360. The molecule has 0 spiro atoms. The fraction of sp³-hybridized carbons (Fsp3) is 1.00. The van der Waals surface area contributed by atoms with Crippen molar-refractivity contribution in [2.24, 2.45) is 0 Å². The van der Waals surface area contributed by atoms with Gasteiger partial charge < -0.3 is 44.5 Å². The van der Waals surface area contributed by atoms with Crippen LogP contribution in [0.5, 0.6) is 0 Å². The van der Waals surface area contributed by atoms with Gasteiger partial charge in [0.1, 0.15) is 18.3 Å². The number of aliphatic hydroxyl groups excluding tert-OH is 5. The summed E-state index contributed by atoms with van der Waals surface area (Å²) >= 11 is 0. The van der Waals surface area contributed by atoms with E-state index in [2.05, 4.69) is 0 Å². The summed E-state index contributed by atoms with van der Waals surface area (Å²) in [6.45, 7) is 7.71. The van der Waals surface area contributed by atoms with Crippen LogP contribution in [0, 0.1) is 0 Å². The lowest BCUT2D eigenvalue weighted by Gasteiger charge is -2.15. The zero-order valence-electron chi connectivity index (χ0n) is 14.8. The van der Waals surface area contributed by atoms with E-state index in [4.69, 9.17) is 44.5 Å². The Morgan fingerprint density at radius 1 is 0.792 bits per heavy atom. The van der Waals surface area contributed by atoms with E-state index in [1.165, 1.54) is 0 Å². The Morgan fingerprint density at radius 2 is 1.12 bits per heavy atom. The third kappa shape index (κ3) is 10.5. The van der Waals surface area contributed by atoms with E-state index in [-0.39, 0.29) is 38.6 Å². The molecule has 2 heterocycles. The van der Waals surface area contributed by atoms with Gasteiger partial charge in [-0.05, 0) is 27.7 Å². The lowest BCUT2D eigenvalue weighted by Crippen LogP contribution is -2.22. The summed E-state index contributed by atoms with van der Waals surface area (Å²) in [5, 5.41) is 41.2. The summed E-state index contributed by atoms with van der Waals surface area (Å²) in [4.78, 5) is 0. The number of rotatable bonds is 4. The molecule has 0 aliphatic carbocycles. The number of hydrogen-bond acceptors (Lipinski definition) is 9. The lowest BCUT2D eigenvalue weighted by molar-refractivity contribution is -0.142. The molecule has 9 heteroatoms. The van der Waals surface area contributed by atoms with E-state index in [9.17, 15) is 0 Å². The molecule has 2 unspecified atom stereocenters. The molecule has 0 aromatic carbocycles. The van der Waals surface area contributed by atoms with E-state index < -0.39 is 17.7 Å². The van der Waals surface area contributed by atoms with Gasteiger partial charge in [0.15, 0.2) is 11.6 Å². The van der Waals surface area contributed by atoms with Gasteiger partial charge in [-0.25, -0.2) is 0 Å². The summed E-state index contributed by atoms with van der Waals surface area (Å²) in [5.74, 6) is -0.985. The molecular weight excluding hydrogens is 324 g/mol. The molecular formula is C15H32O9. The molecule has 2 aliphatic rings. The van der Waals surface area contributed by atoms with Crippen LogP contribution in [0.3, 0.4) is 0 Å². The standard InChI is InChI=1S/2C6H12O3.C3H8O3/c2*1-6(2)8-4-5(3-7)9-6;4-1-3(6)2-5/h2*5,7H,3-4H2,1-2H3;3-6H,1-2H2. The highest BCUT2D eigenvalue weighted by Gasteiger charge is 2.32. The molecule has 0 aromatic rings. The molecule has 2 rings (SSSR count). The summed E-state index contributed by atoms with van der Waals surface area (Å²) in [6, 6.07) is 0. The molecule has 0 saturated carbocycles.